The first-order valence-corrected chi connectivity index (χ1v) is 8.08. The fraction of sp³-hybridized carbons (Fsp3) is 0.235. The molecule has 0 aliphatic carbocycles. The molecule has 2 aromatic heterocycles. The Labute approximate surface area is 149 Å². The summed E-state index contributed by atoms with van der Waals surface area (Å²) < 4.78 is 2.73. The van der Waals surface area contributed by atoms with Crippen molar-refractivity contribution in [2.45, 2.75) is 20.4 Å². The first-order valence-electron chi connectivity index (χ1n) is 8.08. The maximum atomic E-state index is 12.0. The van der Waals surface area contributed by atoms with E-state index in [4.69, 9.17) is 0 Å². The lowest BCUT2D eigenvalue weighted by atomic mass is 10.1. The Balaban J connectivity index is 1.57. The molecule has 9 nitrogen and oxygen atoms in total. The van der Waals surface area contributed by atoms with Gasteiger partial charge < -0.3 is 10.6 Å². The van der Waals surface area contributed by atoms with Crippen LogP contribution < -0.4 is 16.2 Å². The molecule has 2 amide bonds. The van der Waals surface area contributed by atoms with Crippen LogP contribution in [0.15, 0.2) is 47.8 Å². The number of anilines is 1. The van der Waals surface area contributed by atoms with E-state index in [-0.39, 0.29) is 24.7 Å². The molecule has 3 rings (SSSR count). The smallest absolute Gasteiger partial charge is 0.319 e. The number of benzene rings is 1. The SMILES string of the molecule is Cc1ccc(NC(=O)NCCn2nc(-n3cncn3)ccc2=O)cc1C. The second kappa shape index (κ2) is 7.60. The van der Waals surface area contributed by atoms with E-state index >= 15 is 0 Å². The normalized spacial score (nSPS) is 10.5. The number of urea groups is 1. The number of nitrogens with zero attached hydrogens (tertiary/aromatic N) is 5. The molecule has 3 aromatic rings. The summed E-state index contributed by atoms with van der Waals surface area (Å²) in [6.07, 6.45) is 2.88. The number of hydrogen-bond donors (Lipinski definition) is 2. The Morgan fingerprint density at radius 2 is 2.00 bits per heavy atom. The van der Waals surface area contributed by atoms with Crippen LogP contribution in [-0.4, -0.2) is 37.1 Å². The van der Waals surface area contributed by atoms with E-state index in [2.05, 4.69) is 25.8 Å². The third-order valence-corrected chi connectivity index (χ3v) is 3.88. The van der Waals surface area contributed by atoms with E-state index in [1.54, 1.807) is 6.07 Å². The van der Waals surface area contributed by atoms with E-state index in [1.807, 2.05) is 32.0 Å². The molecule has 9 heteroatoms. The van der Waals surface area contributed by atoms with Gasteiger partial charge in [-0.05, 0) is 43.2 Å². The van der Waals surface area contributed by atoms with E-state index in [9.17, 15) is 9.59 Å². The van der Waals surface area contributed by atoms with Gasteiger partial charge in [-0.1, -0.05) is 6.07 Å². The Hall–Kier alpha value is -3.49. The minimum Gasteiger partial charge on any atom is -0.336 e. The van der Waals surface area contributed by atoms with Crippen molar-refractivity contribution in [1.29, 1.82) is 0 Å². The van der Waals surface area contributed by atoms with Crippen LogP contribution in [0.2, 0.25) is 0 Å². The van der Waals surface area contributed by atoms with Crippen LogP contribution in [0.4, 0.5) is 10.5 Å². The highest BCUT2D eigenvalue weighted by Gasteiger charge is 2.05. The molecule has 0 radical (unpaired) electrons. The van der Waals surface area contributed by atoms with Crippen LogP contribution in [0.1, 0.15) is 11.1 Å². The fourth-order valence-corrected chi connectivity index (χ4v) is 2.32. The molecule has 2 heterocycles. The second-order valence-corrected chi connectivity index (χ2v) is 5.77. The van der Waals surface area contributed by atoms with Crippen molar-refractivity contribution in [1.82, 2.24) is 29.9 Å². The van der Waals surface area contributed by atoms with Crippen LogP contribution in [0.25, 0.3) is 5.82 Å². The Morgan fingerprint density at radius 3 is 2.73 bits per heavy atom. The lowest BCUT2D eigenvalue weighted by molar-refractivity contribution is 0.251. The topological polar surface area (TPSA) is 107 Å². The van der Waals surface area contributed by atoms with Crippen molar-refractivity contribution in [3.63, 3.8) is 0 Å². The maximum absolute atomic E-state index is 12.0. The third-order valence-electron chi connectivity index (χ3n) is 3.88. The summed E-state index contributed by atoms with van der Waals surface area (Å²) in [5.74, 6) is 0.474. The van der Waals surface area contributed by atoms with Gasteiger partial charge in [0.25, 0.3) is 5.56 Å². The lowest BCUT2D eigenvalue weighted by Gasteiger charge is -2.10. The first kappa shape index (κ1) is 17.3. The zero-order valence-corrected chi connectivity index (χ0v) is 14.5. The minimum atomic E-state index is -0.339. The van der Waals surface area contributed by atoms with Crippen LogP contribution in [0, 0.1) is 13.8 Å². The van der Waals surface area contributed by atoms with Gasteiger partial charge in [0.2, 0.25) is 0 Å². The van der Waals surface area contributed by atoms with Crippen molar-refractivity contribution < 1.29 is 4.79 Å². The monoisotopic (exact) mass is 353 g/mol. The van der Waals surface area contributed by atoms with Crippen LogP contribution in [0.5, 0.6) is 0 Å². The largest absolute Gasteiger partial charge is 0.336 e. The number of amides is 2. The van der Waals surface area contributed by atoms with Gasteiger partial charge in [-0.25, -0.2) is 19.1 Å². The predicted octanol–water partition coefficient (Wildman–Crippen LogP) is 1.26. The van der Waals surface area contributed by atoms with Gasteiger partial charge >= 0.3 is 6.03 Å². The number of nitrogens with one attached hydrogen (secondary N) is 2. The summed E-state index contributed by atoms with van der Waals surface area (Å²) in [7, 11) is 0. The zero-order valence-electron chi connectivity index (χ0n) is 14.5. The quantitative estimate of drug-likeness (QED) is 0.718. The molecule has 0 aliphatic rings. The summed E-state index contributed by atoms with van der Waals surface area (Å²) in [6, 6.07) is 8.32. The Kier molecular flexibility index (Phi) is 5.07. The summed E-state index contributed by atoms with van der Waals surface area (Å²) in [5.41, 5.74) is 2.72. The van der Waals surface area contributed by atoms with Gasteiger partial charge in [0, 0.05) is 18.3 Å². The number of carbonyl (C=O) groups excluding carboxylic acids is 1. The molecule has 2 N–H and O–H groups in total. The molecule has 0 fully saturated rings. The van der Waals surface area contributed by atoms with Gasteiger partial charge in [-0.15, -0.1) is 5.10 Å². The number of hydrogen-bond acceptors (Lipinski definition) is 5. The van der Waals surface area contributed by atoms with E-state index in [0.29, 0.717) is 11.5 Å². The second-order valence-electron chi connectivity index (χ2n) is 5.77. The number of rotatable bonds is 5. The van der Waals surface area contributed by atoms with E-state index < -0.39 is 0 Å². The Morgan fingerprint density at radius 1 is 1.15 bits per heavy atom. The van der Waals surface area contributed by atoms with Gasteiger partial charge in [0.15, 0.2) is 5.82 Å². The molecule has 0 aliphatic heterocycles. The number of aryl methyl sites for hydroxylation is 2. The average molecular weight is 353 g/mol. The molecule has 26 heavy (non-hydrogen) atoms. The maximum Gasteiger partial charge on any atom is 0.319 e. The molecule has 0 saturated carbocycles. The molecule has 0 bridgehead atoms. The Bertz CT molecular complexity index is 963. The highest BCUT2D eigenvalue weighted by atomic mass is 16.2. The molecule has 134 valence electrons. The molecular weight excluding hydrogens is 334 g/mol. The van der Waals surface area contributed by atoms with E-state index in [0.717, 1.165) is 11.1 Å². The van der Waals surface area contributed by atoms with Gasteiger partial charge in [0.1, 0.15) is 12.7 Å². The van der Waals surface area contributed by atoms with Gasteiger partial charge in [-0.2, -0.15) is 5.10 Å². The number of carbonyl (C=O) groups is 1. The molecule has 0 atom stereocenters. The van der Waals surface area contributed by atoms with Crippen molar-refractivity contribution in [2.24, 2.45) is 0 Å². The van der Waals surface area contributed by atoms with E-state index in [1.165, 1.54) is 28.1 Å². The molecule has 0 saturated heterocycles. The van der Waals surface area contributed by atoms with Crippen molar-refractivity contribution >= 4 is 11.7 Å². The highest BCUT2D eigenvalue weighted by Crippen LogP contribution is 2.13. The van der Waals surface area contributed by atoms with Gasteiger partial charge in [0.05, 0.1) is 6.54 Å². The first-order chi connectivity index (χ1) is 12.5. The fourth-order valence-electron chi connectivity index (χ4n) is 2.32. The summed E-state index contributed by atoms with van der Waals surface area (Å²) in [5, 5.41) is 13.7. The summed E-state index contributed by atoms with van der Waals surface area (Å²) in [4.78, 5) is 27.7. The minimum absolute atomic E-state index is 0.238. The van der Waals surface area contributed by atoms with Gasteiger partial charge in [-0.3, -0.25) is 4.79 Å². The van der Waals surface area contributed by atoms with Crippen molar-refractivity contribution in [2.75, 3.05) is 11.9 Å². The van der Waals surface area contributed by atoms with Crippen LogP contribution >= 0.6 is 0 Å². The predicted molar refractivity (Wildman–Crippen MR) is 96.4 cm³/mol. The van der Waals surface area contributed by atoms with Crippen molar-refractivity contribution in [3.05, 3.63) is 64.5 Å². The molecule has 0 unspecified atom stereocenters. The number of aromatic nitrogens is 5. The lowest BCUT2D eigenvalue weighted by Crippen LogP contribution is -2.34. The summed E-state index contributed by atoms with van der Waals surface area (Å²) in [6.45, 7) is 4.49. The highest BCUT2D eigenvalue weighted by molar-refractivity contribution is 5.89. The van der Waals surface area contributed by atoms with Crippen LogP contribution in [0.3, 0.4) is 0 Å². The third kappa shape index (κ3) is 4.12. The molecular formula is C17H19N7O2. The zero-order chi connectivity index (χ0) is 18.5. The summed E-state index contributed by atoms with van der Waals surface area (Å²) >= 11 is 0. The molecule has 0 spiro atoms. The van der Waals surface area contributed by atoms with Crippen molar-refractivity contribution in [3.8, 4) is 5.82 Å². The molecule has 1 aromatic carbocycles. The average Bonchev–Trinajstić information content (AvgIpc) is 3.14. The van der Waals surface area contributed by atoms with Crippen LogP contribution in [-0.2, 0) is 6.54 Å². The standard InChI is InChI=1S/C17H19N7O2/c1-12-3-4-14(9-13(12)2)21-17(26)19-7-8-23-16(25)6-5-15(22-23)24-11-18-10-20-24/h3-6,9-11H,7-8H2,1-2H3,(H2,19,21,26).